The van der Waals surface area contributed by atoms with Gasteiger partial charge in [-0.05, 0) is 43.9 Å². The number of methoxy groups -OCH3 is 1. The molecule has 1 nitrogen and oxygen atoms in total. The summed E-state index contributed by atoms with van der Waals surface area (Å²) in [5.41, 5.74) is 1.69. The van der Waals surface area contributed by atoms with Gasteiger partial charge in [0.1, 0.15) is 0 Å². The van der Waals surface area contributed by atoms with Crippen LogP contribution in [0.1, 0.15) is 58.8 Å². The lowest BCUT2D eigenvalue weighted by molar-refractivity contribution is 0.168. The lowest BCUT2D eigenvalue weighted by Gasteiger charge is -2.28. The summed E-state index contributed by atoms with van der Waals surface area (Å²) in [5, 5.41) is 0. The lowest BCUT2D eigenvalue weighted by Crippen LogP contribution is -2.16. The third kappa shape index (κ3) is 4.69. The maximum atomic E-state index is 5.21. The van der Waals surface area contributed by atoms with Crippen molar-refractivity contribution in [2.75, 3.05) is 13.7 Å². The van der Waals surface area contributed by atoms with Crippen molar-refractivity contribution in [3.05, 3.63) is 11.6 Å². The first-order chi connectivity index (χ1) is 7.80. The van der Waals surface area contributed by atoms with Crippen LogP contribution in [0.2, 0.25) is 0 Å². The first kappa shape index (κ1) is 13.8. The largest absolute Gasteiger partial charge is 0.385 e. The molecule has 0 heterocycles. The smallest absolute Gasteiger partial charge is 0.0465 e. The predicted octanol–water partition coefficient (Wildman–Crippen LogP) is 4.58. The minimum absolute atomic E-state index is 0.852. The van der Waals surface area contributed by atoms with E-state index in [0.717, 1.165) is 18.4 Å². The summed E-state index contributed by atoms with van der Waals surface area (Å²) in [6.07, 6.45) is 11.9. The van der Waals surface area contributed by atoms with Gasteiger partial charge in [-0.1, -0.05) is 38.3 Å². The molecule has 0 radical (unpaired) electrons. The predicted molar refractivity (Wildman–Crippen MR) is 70.6 cm³/mol. The van der Waals surface area contributed by atoms with Gasteiger partial charge in [-0.2, -0.15) is 0 Å². The van der Waals surface area contributed by atoms with E-state index in [2.05, 4.69) is 19.9 Å². The summed E-state index contributed by atoms with van der Waals surface area (Å²) < 4.78 is 5.21. The van der Waals surface area contributed by atoms with E-state index in [4.69, 9.17) is 4.74 Å². The van der Waals surface area contributed by atoms with E-state index in [-0.39, 0.29) is 0 Å². The molecule has 0 saturated carbocycles. The van der Waals surface area contributed by atoms with Gasteiger partial charge in [0, 0.05) is 13.7 Å². The Morgan fingerprint density at radius 1 is 1.31 bits per heavy atom. The van der Waals surface area contributed by atoms with Crippen LogP contribution in [0.25, 0.3) is 0 Å². The molecule has 2 unspecified atom stereocenters. The van der Waals surface area contributed by atoms with Gasteiger partial charge in [0.15, 0.2) is 0 Å². The van der Waals surface area contributed by atoms with E-state index in [1.165, 1.54) is 44.9 Å². The average Bonchev–Trinajstić information content (AvgIpc) is 2.33. The molecule has 1 rings (SSSR count). The fourth-order valence-electron chi connectivity index (χ4n) is 2.79. The van der Waals surface area contributed by atoms with E-state index in [9.17, 15) is 0 Å². The van der Waals surface area contributed by atoms with Crippen molar-refractivity contribution in [2.24, 2.45) is 11.8 Å². The molecule has 0 aromatic rings. The van der Waals surface area contributed by atoms with Crippen molar-refractivity contribution in [1.82, 2.24) is 0 Å². The maximum absolute atomic E-state index is 5.21. The van der Waals surface area contributed by atoms with Crippen LogP contribution in [-0.4, -0.2) is 13.7 Å². The van der Waals surface area contributed by atoms with Crippen molar-refractivity contribution < 1.29 is 4.74 Å². The summed E-state index contributed by atoms with van der Waals surface area (Å²) in [6.45, 7) is 5.51. The highest BCUT2D eigenvalue weighted by atomic mass is 16.5. The summed E-state index contributed by atoms with van der Waals surface area (Å²) in [6, 6.07) is 0. The van der Waals surface area contributed by atoms with Gasteiger partial charge >= 0.3 is 0 Å². The maximum Gasteiger partial charge on any atom is 0.0465 e. The minimum atomic E-state index is 0.852. The highest BCUT2D eigenvalue weighted by molar-refractivity contribution is 5.09. The molecule has 0 spiro atoms. The third-order valence-electron chi connectivity index (χ3n) is 3.77. The molecule has 16 heavy (non-hydrogen) atoms. The zero-order valence-corrected chi connectivity index (χ0v) is 11.3. The normalized spacial score (nSPS) is 25.6. The van der Waals surface area contributed by atoms with Gasteiger partial charge in [-0.25, -0.2) is 0 Å². The second-order valence-electron chi connectivity index (χ2n) is 5.17. The molecule has 0 fully saturated rings. The summed E-state index contributed by atoms with van der Waals surface area (Å²) in [4.78, 5) is 0. The Morgan fingerprint density at radius 2 is 2.12 bits per heavy atom. The Labute approximate surface area is 101 Å². The van der Waals surface area contributed by atoms with Crippen LogP contribution >= 0.6 is 0 Å². The fraction of sp³-hybridized carbons (Fsp3) is 0.867. The Morgan fingerprint density at radius 3 is 2.75 bits per heavy atom. The van der Waals surface area contributed by atoms with Crippen LogP contribution in [0.4, 0.5) is 0 Å². The highest BCUT2D eigenvalue weighted by Crippen LogP contribution is 2.34. The molecule has 0 aromatic heterocycles. The molecule has 2 atom stereocenters. The Hall–Kier alpha value is -0.300. The lowest BCUT2D eigenvalue weighted by atomic mass is 9.78. The van der Waals surface area contributed by atoms with Crippen LogP contribution in [-0.2, 0) is 4.74 Å². The van der Waals surface area contributed by atoms with Crippen molar-refractivity contribution in [2.45, 2.75) is 58.8 Å². The number of hydrogen-bond acceptors (Lipinski definition) is 1. The topological polar surface area (TPSA) is 9.23 Å². The molecule has 0 saturated heterocycles. The first-order valence-electron chi connectivity index (χ1n) is 6.98. The first-order valence-corrected chi connectivity index (χ1v) is 6.98. The summed E-state index contributed by atoms with van der Waals surface area (Å²) >= 11 is 0. The van der Waals surface area contributed by atoms with Gasteiger partial charge in [0.05, 0.1) is 0 Å². The summed E-state index contributed by atoms with van der Waals surface area (Å²) in [7, 11) is 1.81. The number of rotatable bonds is 7. The van der Waals surface area contributed by atoms with E-state index in [1.54, 1.807) is 5.57 Å². The zero-order valence-electron chi connectivity index (χ0n) is 11.3. The van der Waals surface area contributed by atoms with Crippen LogP contribution in [0.3, 0.4) is 0 Å². The van der Waals surface area contributed by atoms with Crippen LogP contribution in [0.15, 0.2) is 11.6 Å². The molecule has 1 aliphatic rings. The van der Waals surface area contributed by atoms with Crippen molar-refractivity contribution >= 4 is 0 Å². The van der Waals surface area contributed by atoms with Gasteiger partial charge in [-0.15, -0.1) is 0 Å². The molecule has 1 aliphatic carbocycles. The molecule has 0 aromatic carbocycles. The quantitative estimate of drug-likeness (QED) is 0.575. The Balaban J connectivity index is 2.44. The van der Waals surface area contributed by atoms with E-state index in [1.807, 2.05) is 7.11 Å². The van der Waals surface area contributed by atoms with Crippen LogP contribution < -0.4 is 0 Å². The number of unbranched alkanes of at least 4 members (excludes halogenated alkanes) is 1. The minimum Gasteiger partial charge on any atom is -0.385 e. The van der Waals surface area contributed by atoms with Crippen LogP contribution in [0.5, 0.6) is 0 Å². The van der Waals surface area contributed by atoms with Gasteiger partial charge < -0.3 is 4.74 Å². The third-order valence-corrected chi connectivity index (χ3v) is 3.77. The zero-order chi connectivity index (χ0) is 11.8. The molecule has 1 heteroatoms. The molecular weight excluding hydrogens is 196 g/mol. The molecule has 0 bridgehead atoms. The Bertz CT molecular complexity index is 207. The standard InChI is InChI=1S/C15H28O/c1-4-6-7-14-10-13(5-2)11-15(12-14)8-9-16-3/h10,14-15H,4-9,11-12H2,1-3H3. The molecule has 0 N–H and O–H groups in total. The average molecular weight is 224 g/mol. The van der Waals surface area contributed by atoms with Gasteiger partial charge in [0.25, 0.3) is 0 Å². The van der Waals surface area contributed by atoms with Gasteiger partial charge in [0.2, 0.25) is 0 Å². The SMILES string of the molecule is CCCCC1C=C(CC)CC(CCOC)C1. The van der Waals surface area contributed by atoms with E-state index >= 15 is 0 Å². The number of hydrogen-bond donors (Lipinski definition) is 0. The second-order valence-corrected chi connectivity index (χ2v) is 5.17. The van der Waals surface area contributed by atoms with Gasteiger partial charge in [-0.3, -0.25) is 0 Å². The van der Waals surface area contributed by atoms with Crippen molar-refractivity contribution in [3.8, 4) is 0 Å². The molecule has 94 valence electrons. The molecular formula is C15H28O. The molecule has 0 aliphatic heterocycles. The highest BCUT2D eigenvalue weighted by Gasteiger charge is 2.21. The Kier molecular flexibility index (Phi) is 6.79. The monoisotopic (exact) mass is 224 g/mol. The summed E-state index contributed by atoms with van der Waals surface area (Å²) in [5.74, 6) is 1.73. The van der Waals surface area contributed by atoms with Crippen molar-refractivity contribution in [3.63, 3.8) is 0 Å². The van der Waals surface area contributed by atoms with Crippen LogP contribution in [0, 0.1) is 11.8 Å². The number of allylic oxidation sites excluding steroid dienone is 2. The van der Waals surface area contributed by atoms with E-state index in [0.29, 0.717) is 0 Å². The van der Waals surface area contributed by atoms with E-state index < -0.39 is 0 Å². The van der Waals surface area contributed by atoms with Crippen molar-refractivity contribution in [1.29, 1.82) is 0 Å². The number of ether oxygens (including phenoxy) is 1. The fourth-order valence-corrected chi connectivity index (χ4v) is 2.79. The second kappa shape index (κ2) is 7.89. The molecule has 0 amide bonds.